The topological polar surface area (TPSA) is 96.7 Å². The highest BCUT2D eigenvalue weighted by Gasteiger charge is 2.25. The number of nitrogens with zero attached hydrogens (tertiary/aromatic N) is 1. The minimum atomic E-state index is -0.439. The molecule has 1 aliphatic heterocycles. The van der Waals surface area contributed by atoms with Gasteiger partial charge in [0.05, 0.1) is 13.7 Å². The Morgan fingerprint density at radius 2 is 2.29 bits per heavy atom. The van der Waals surface area contributed by atoms with E-state index in [1.807, 2.05) is 4.90 Å². The van der Waals surface area contributed by atoms with E-state index < -0.39 is 6.09 Å². The number of likely N-dealkylation sites (tertiary alicyclic amines) is 1. The molecule has 1 aliphatic rings. The fraction of sp³-hybridized carbons (Fsp3) is 0.429. The zero-order chi connectivity index (χ0) is 15.2. The van der Waals surface area contributed by atoms with E-state index in [-0.39, 0.29) is 18.5 Å². The molecule has 1 aromatic rings. The number of ether oxygens (including phenoxy) is 1. The van der Waals surface area contributed by atoms with Gasteiger partial charge in [0.15, 0.2) is 0 Å². The van der Waals surface area contributed by atoms with E-state index in [0.717, 1.165) is 13.0 Å². The number of benzene rings is 1. The number of carbonyl (C=O) groups excluding carboxylic acids is 2. The van der Waals surface area contributed by atoms with Crippen molar-refractivity contribution in [3.8, 4) is 0 Å². The molecule has 1 atom stereocenters. The number of alkyl carbamates (subject to hydrolysis) is 1. The van der Waals surface area contributed by atoms with Gasteiger partial charge in [0.1, 0.15) is 0 Å². The highest BCUT2D eigenvalue weighted by Crippen LogP contribution is 2.13. The summed E-state index contributed by atoms with van der Waals surface area (Å²) >= 11 is 0. The van der Waals surface area contributed by atoms with Crippen LogP contribution in [0.25, 0.3) is 0 Å². The number of rotatable bonds is 4. The van der Waals surface area contributed by atoms with Gasteiger partial charge in [0, 0.05) is 30.5 Å². The summed E-state index contributed by atoms with van der Waals surface area (Å²) in [7, 11) is 1.33. The fourth-order valence-corrected chi connectivity index (χ4v) is 2.34. The van der Waals surface area contributed by atoms with Gasteiger partial charge >= 0.3 is 6.09 Å². The number of amides is 2. The SMILES string of the molecule is COC(=O)NC1CCN(CC(=O)Nc2cccc(N)c2)C1. The highest BCUT2D eigenvalue weighted by molar-refractivity contribution is 5.92. The molecule has 1 fully saturated rings. The molecule has 1 aromatic carbocycles. The molecule has 0 spiro atoms. The summed E-state index contributed by atoms with van der Waals surface area (Å²) in [5.41, 5.74) is 6.95. The van der Waals surface area contributed by atoms with Gasteiger partial charge in [0.2, 0.25) is 5.91 Å². The van der Waals surface area contributed by atoms with Crippen molar-refractivity contribution >= 4 is 23.4 Å². The van der Waals surface area contributed by atoms with E-state index in [9.17, 15) is 9.59 Å². The second-order valence-corrected chi connectivity index (χ2v) is 5.03. The number of methoxy groups -OCH3 is 1. The van der Waals surface area contributed by atoms with Crippen LogP contribution in [0.3, 0.4) is 0 Å². The average Bonchev–Trinajstić information content (AvgIpc) is 2.85. The Balaban J connectivity index is 1.77. The maximum Gasteiger partial charge on any atom is 0.407 e. The zero-order valence-corrected chi connectivity index (χ0v) is 12.0. The summed E-state index contributed by atoms with van der Waals surface area (Å²) in [6.07, 6.45) is 0.367. The van der Waals surface area contributed by atoms with Gasteiger partial charge < -0.3 is 21.1 Å². The van der Waals surface area contributed by atoms with E-state index in [1.54, 1.807) is 24.3 Å². The third-order valence-electron chi connectivity index (χ3n) is 3.32. The predicted molar refractivity (Wildman–Crippen MR) is 79.9 cm³/mol. The number of nitrogen functional groups attached to an aromatic ring is 1. The van der Waals surface area contributed by atoms with Crippen LogP contribution in [0, 0.1) is 0 Å². The lowest BCUT2D eigenvalue weighted by Crippen LogP contribution is -2.38. The van der Waals surface area contributed by atoms with Gasteiger partial charge in [-0.1, -0.05) is 6.07 Å². The van der Waals surface area contributed by atoms with Crippen molar-refractivity contribution in [2.24, 2.45) is 0 Å². The monoisotopic (exact) mass is 292 g/mol. The minimum Gasteiger partial charge on any atom is -0.453 e. The molecule has 0 aliphatic carbocycles. The lowest BCUT2D eigenvalue weighted by Gasteiger charge is -2.16. The smallest absolute Gasteiger partial charge is 0.407 e. The van der Waals surface area contributed by atoms with Crippen molar-refractivity contribution in [2.45, 2.75) is 12.5 Å². The minimum absolute atomic E-state index is 0.0256. The normalized spacial score (nSPS) is 18.2. The number of carbonyl (C=O) groups is 2. The van der Waals surface area contributed by atoms with Crippen LogP contribution in [-0.2, 0) is 9.53 Å². The lowest BCUT2D eigenvalue weighted by atomic mass is 10.3. The lowest BCUT2D eigenvalue weighted by molar-refractivity contribution is -0.117. The maximum absolute atomic E-state index is 12.0. The standard InChI is InChI=1S/C14H20N4O3/c1-21-14(20)17-12-5-6-18(8-12)9-13(19)16-11-4-2-3-10(15)7-11/h2-4,7,12H,5-6,8-9,15H2,1H3,(H,16,19)(H,17,20). The molecule has 1 unspecified atom stereocenters. The molecule has 7 nitrogen and oxygen atoms in total. The van der Waals surface area contributed by atoms with Crippen LogP contribution in [0.4, 0.5) is 16.2 Å². The number of hydrogen-bond acceptors (Lipinski definition) is 5. The Morgan fingerprint density at radius 1 is 1.48 bits per heavy atom. The summed E-state index contributed by atoms with van der Waals surface area (Å²) in [6.45, 7) is 1.69. The molecule has 0 aromatic heterocycles. The van der Waals surface area contributed by atoms with Crippen molar-refractivity contribution in [2.75, 3.05) is 37.8 Å². The molecule has 1 heterocycles. The Bertz CT molecular complexity index is 521. The van der Waals surface area contributed by atoms with Gasteiger partial charge in [-0.2, -0.15) is 0 Å². The molecule has 2 rings (SSSR count). The number of anilines is 2. The summed E-state index contributed by atoms with van der Waals surface area (Å²) in [5.74, 6) is -0.0979. The van der Waals surface area contributed by atoms with Gasteiger partial charge in [-0.25, -0.2) is 4.79 Å². The van der Waals surface area contributed by atoms with Crippen molar-refractivity contribution in [3.63, 3.8) is 0 Å². The van der Waals surface area contributed by atoms with Crippen molar-refractivity contribution in [1.29, 1.82) is 0 Å². The fourth-order valence-electron chi connectivity index (χ4n) is 2.34. The molecule has 0 bridgehead atoms. The molecule has 0 radical (unpaired) electrons. The van der Waals surface area contributed by atoms with Gasteiger partial charge in [-0.05, 0) is 24.6 Å². The molecule has 21 heavy (non-hydrogen) atoms. The Hall–Kier alpha value is -2.28. The van der Waals surface area contributed by atoms with Crippen molar-refractivity contribution < 1.29 is 14.3 Å². The van der Waals surface area contributed by atoms with E-state index >= 15 is 0 Å². The second kappa shape index (κ2) is 6.94. The van der Waals surface area contributed by atoms with Gasteiger partial charge in [0.25, 0.3) is 0 Å². The third kappa shape index (κ3) is 4.64. The predicted octanol–water partition coefficient (Wildman–Crippen LogP) is 0.638. The summed E-state index contributed by atoms with van der Waals surface area (Å²) in [4.78, 5) is 25.1. The van der Waals surface area contributed by atoms with Crippen LogP contribution in [0.5, 0.6) is 0 Å². The highest BCUT2D eigenvalue weighted by atomic mass is 16.5. The summed E-state index contributed by atoms with van der Waals surface area (Å²) in [5, 5.41) is 5.54. The Kier molecular flexibility index (Phi) is 4.99. The molecule has 7 heteroatoms. The van der Waals surface area contributed by atoms with Crippen LogP contribution >= 0.6 is 0 Å². The molecular formula is C14H20N4O3. The Labute approximate surface area is 123 Å². The largest absolute Gasteiger partial charge is 0.453 e. The molecular weight excluding hydrogens is 272 g/mol. The Morgan fingerprint density at radius 3 is 3.00 bits per heavy atom. The first-order valence-electron chi connectivity index (χ1n) is 6.79. The van der Waals surface area contributed by atoms with Crippen LogP contribution in [0.1, 0.15) is 6.42 Å². The van der Waals surface area contributed by atoms with Gasteiger partial charge in [-0.15, -0.1) is 0 Å². The van der Waals surface area contributed by atoms with E-state index in [1.165, 1.54) is 7.11 Å². The summed E-state index contributed by atoms with van der Waals surface area (Å²) in [6, 6.07) is 7.08. The molecule has 0 saturated carbocycles. The van der Waals surface area contributed by atoms with Crippen LogP contribution in [-0.4, -0.2) is 49.7 Å². The van der Waals surface area contributed by atoms with Crippen LogP contribution in [0.15, 0.2) is 24.3 Å². The van der Waals surface area contributed by atoms with Crippen LogP contribution in [0.2, 0.25) is 0 Å². The molecule has 2 amide bonds. The summed E-state index contributed by atoms with van der Waals surface area (Å²) < 4.78 is 4.56. The maximum atomic E-state index is 12.0. The van der Waals surface area contributed by atoms with Gasteiger partial charge in [-0.3, -0.25) is 9.69 Å². The van der Waals surface area contributed by atoms with E-state index in [0.29, 0.717) is 17.9 Å². The average molecular weight is 292 g/mol. The molecule has 1 saturated heterocycles. The first-order valence-corrected chi connectivity index (χ1v) is 6.79. The molecule has 114 valence electrons. The van der Waals surface area contributed by atoms with Crippen molar-refractivity contribution in [3.05, 3.63) is 24.3 Å². The molecule has 4 N–H and O–H groups in total. The first-order chi connectivity index (χ1) is 10.1. The first kappa shape index (κ1) is 15.1. The van der Waals surface area contributed by atoms with Crippen LogP contribution < -0.4 is 16.4 Å². The van der Waals surface area contributed by atoms with Crippen molar-refractivity contribution in [1.82, 2.24) is 10.2 Å². The zero-order valence-electron chi connectivity index (χ0n) is 12.0. The second-order valence-electron chi connectivity index (χ2n) is 5.03. The number of nitrogens with two attached hydrogens (primary N) is 1. The quantitative estimate of drug-likeness (QED) is 0.708. The number of hydrogen-bond donors (Lipinski definition) is 3. The van der Waals surface area contributed by atoms with E-state index in [4.69, 9.17) is 5.73 Å². The van der Waals surface area contributed by atoms with E-state index in [2.05, 4.69) is 15.4 Å². The number of nitrogens with one attached hydrogen (secondary N) is 2. The third-order valence-corrected chi connectivity index (χ3v) is 3.32.